The van der Waals surface area contributed by atoms with Gasteiger partial charge in [0.15, 0.2) is 18.9 Å². The number of ether oxygens (including phenoxy) is 18. The van der Waals surface area contributed by atoms with E-state index in [0.29, 0.717) is 13.0 Å². The van der Waals surface area contributed by atoms with Gasteiger partial charge in [-0.05, 0) is 74.5 Å². The van der Waals surface area contributed by atoms with E-state index in [2.05, 4.69) is 0 Å². The van der Waals surface area contributed by atoms with Gasteiger partial charge >= 0.3 is 0 Å². The SMILES string of the molecule is CC1OC(OC2C(COCc3ccccc3)OCCC2OC2OC(COCc3ccccc3)C(OCc3ccccc3)C(OC3OC(COCc4ccccc4)C(OCc4ccccc4)C(OCc4ccccc4)C3OCc3ccccc3)C2OCc2ccccc2)C(OCc2ccccc2)C(OCc2ccccc2)C1OCc1ccccc1. The van der Waals surface area contributed by atoms with Crippen LogP contribution in [0.1, 0.15) is 74.5 Å². The van der Waals surface area contributed by atoms with E-state index in [-0.39, 0.29) is 92.5 Å². The van der Waals surface area contributed by atoms with Crippen LogP contribution in [0.4, 0.5) is 0 Å². The molecule has 0 amide bonds. The fourth-order valence-electron chi connectivity index (χ4n) is 15.5. The summed E-state index contributed by atoms with van der Waals surface area (Å²) in [7, 11) is 0. The van der Waals surface area contributed by atoms with Gasteiger partial charge in [0, 0.05) is 6.61 Å². The van der Waals surface area contributed by atoms with Crippen LogP contribution >= 0.6 is 0 Å². The van der Waals surface area contributed by atoms with Crippen LogP contribution in [0.2, 0.25) is 0 Å². The molecule has 15 rings (SSSR count). The molecule has 4 fully saturated rings. The largest absolute Gasteiger partial charge is 0.374 e. The maximum absolute atomic E-state index is 8.07. The van der Waals surface area contributed by atoms with Crippen LogP contribution < -0.4 is 0 Å². The molecule has 4 heterocycles. The van der Waals surface area contributed by atoms with Crippen molar-refractivity contribution in [1.29, 1.82) is 0 Å². The van der Waals surface area contributed by atoms with Crippen molar-refractivity contribution in [3.63, 3.8) is 0 Å². The number of hydrogen-bond donors (Lipinski definition) is 0. The van der Waals surface area contributed by atoms with E-state index in [4.69, 9.17) is 85.3 Å². The van der Waals surface area contributed by atoms with Gasteiger partial charge < -0.3 is 85.3 Å². The van der Waals surface area contributed by atoms with Crippen molar-refractivity contribution >= 4 is 0 Å². The molecule has 18 heteroatoms. The Morgan fingerprint density at radius 3 is 0.765 bits per heavy atom. The number of benzene rings is 11. The van der Waals surface area contributed by atoms with Gasteiger partial charge in [-0.25, -0.2) is 0 Å². The van der Waals surface area contributed by atoms with Crippen LogP contribution in [0.15, 0.2) is 334 Å². The molecule has 0 spiro atoms. The first-order valence-corrected chi connectivity index (χ1v) is 41.6. The lowest BCUT2D eigenvalue weighted by Gasteiger charge is -2.51. The molecular formula is C101H108O18. The van der Waals surface area contributed by atoms with E-state index < -0.39 is 110 Å². The van der Waals surface area contributed by atoms with Gasteiger partial charge in [-0.1, -0.05) is 334 Å². The van der Waals surface area contributed by atoms with E-state index in [9.17, 15) is 0 Å². The highest BCUT2D eigenvalue weighted by Gasteiger charge is 2.57. The van der Waals surface area contributed by atoms with Crippen LogP contribution in [0.5, 0.6) is 0 Å². The van der Waals surface area contributed by atoms with E-state index in [1.54, 1.807) is 0 Å². The quantitative estimate of drug-likeness (QED) is 0.0354. The van der Waals surface area contributed by atoms with Gasteiger partial charge in [0.25, 0.3) is 0 Å². The molecule has 11 aromatic carbocycles. The Balaban J connectivity index is 0.844. The molecular weight excluding hydrogens is 1500 g/mol. The Morgan fingerprint density at radius 1 is 0.218 bits per heavy atom. The molecule has 0 bridgehead atoms. The maximum Gasteiger partial charge on any atom is 0.187 e. The summed E-state index contributed by atoms with van der Waals surface area (Å²) in [5, 5.41) is 0. The topological polar surface area (TPSA) is 166 Å². The second kappa shape index (κ2) is 45.4. The summed E-state index contributed by atoms with van der Waals surface area (Å²) in [5.74, 6) is 0. The highest BCUT2D eigenvalue weighted by atomic mass is 16.8. The highest BCUT2D eigenvalue weighted by molar-refractivity contribution is 5.22. The standard InChI is InChI=1S/C101H108O18/c1-73-89(106-62-77-41-19-5-20-42-77)93(109-65-80-47-25-8-26-48-80)96(111-67-82-51-29-10-30-52-82)99(114-73)118-90-85(57-58-105-86(90)70-102-59-74-35-13-2-14-36-74)115-100-98(113-69-84-55-33-12-34-56-84)95(92(108-64-79-45-23-7-24-46-79)88(116-100)72-104-61-76-39-17-4-18-40-76)119-101-97(112-68-83-53-31-11-32-54-83)94(110-66-81-49-27-9-28-50-81)91(107-63-78-43-21-6-22-44-78)87(117-101)71-103-60-75-37-15-3-16-38-75/h2-56,73,85-101H,57-72H2,1H3. The lowest BCUT2D eigenvalue weighted by atomic mass is 9.95. The minimum atomic E-state index is -1.29. The van der Waals surface area contributed by atoms with Gasteiger partial charge in [-0.15, -0.1) is 0 Å². The normalized spacial score (nSPS) is 25.8. The van der Waals surface area contributed by atoms with Crippen molar-refractivity contribution in [2.45, 2.75) is 196 Å². The molecule has 11 aromatic rings. The first-order chi connectivity index (χ1) is 58.9. The molecule has 4 aliphatic heterocycles. The van der Waals surface area contributed by atoms with Gasteiger partial charge in [0.05, 0.1) is 105 Å². The lowest BCUT2D eigenvalue weighted by Crippen LogP contribution is -2.67. The van der Waals surface area contributed by atoms with Crippen LogP contribution in [-0.4, -0.2) is 137 Å². The smallest absolute Gasteiger partial charge is 0.187 e. The fourth-order valence-corrected chi connectivity index (χ4v) is 15.5. The third kappa shape index (κ3) is 25.0. The average molecular weight is 1610 g/mol. The Kier molecular flexibility index (Phi) is 32.3. The molecule has 0 radical (unpaired) electrons. The van der Waals surface area contributed by atoms with Crippen molar-refractivity contribution in [3.05, 3.63) is 395 Å². The Labute approximate surface area is 699 Å². The number of hydrogen-bond acceptors (Lipinski definition) is 18. The molecule has 0 aliphatic carbocycles. The molecule has 119 heavy (non-hydrogen) atoms. The van der Waals surface area contributed by atoms with Crippen molar-refractivity contribution in [1.82, 2.24) is 0 Å². The third-order valence-corrected chi connectivity index (χ3v) is 21.7. The zero-order chi connectivity index (χ0) is 80.7. The van der Waals surface area contributed by atoms with Crippen LogP contribution in [0, 0.1) is 0 Å². The highest BCUT2D eigenvalue weighted by Crippen LogP contribution is 2.41. The summed E-state index contributed by atoms with van der Waals surface area (Å²) < 4.78 is 132. The van der Waals surface area contributed by atoms with Crippen molar-refractivity contribution in [3.8, 4) is 0 Å². The molecule has 0 aromatic heterocycles. The van der Waals surface area contributed by atoms with Crippen molar-refractivity contribution in [2.75, 3.05) is 26.4 Å². The Bertz CT molecular complexity index is 4580. The summed E-state index contributed by atoms with van der Waals surface area (Å²) in [4.78, 5) is 0. The minimum Gasteiger partial charge on any atom is -0.374 e. The molecule has 18 unspecified atom stereocenters. The van der Waals surface area contributed by atoms with E-state index in [1.165, 1.54) is 0 Å². The van der Waals surface area contributed by atoms with Crippen molar-refractivity contribution < 1.29 is 85.3 Å². The zero-order valence-corrected chi connectivity index (χ0v) is 67.3. The van der Waals surface area contributed by atoms with Gasteiger partial charge in [-0.2, -0.15) is 0 Å². The first kappa shape index (κ1) is 84.7. The number of rotatable bonds is 42. The van der Waals surface area contributed by atoms with Gasteiger partial charge in [-0.3, -0.25) is 0 Å². The average Bonchev–Trinajstić information content (AvgIpc) is 0.764. The lowest BCUT2D eigenvalue weighted by molar-refractivity contribution is -0.390. The molecule has 4 aliphatic rings. The summed E-state index contributed by atoms with van der Waals surface area (Å²) in [5.41, 5.74) is 10.4. The second-order valence-corrected chi connectivity index (χ2v) is 30.5. The molecule has 4 saturated heterocycles. The summed E-state index contributed by atoms with van der Waals surface area (Å²) in [6, 6.07) is 111. The first-order valence-electron chi connectivity index (χ1n) is 41.6. The minimum absolute atomic E-state index is 0.00285. The molecule has 620 valence electrons. The molecule has 18 atom stereocenters. The summed E-state index contributed by atoms with van der Waals surface area (Å²) in [6.45, 7) is 4.70. The van der Waals surface area contributed by atoms with Crippen molar-refractivity contribution in [2.24, 2.45) is 0 Å². The van der Waals surface area contributed by atoms with Crippen LogP contribution in [0.3, 0.4) is 0 Å². The van der Waals surface area contributed by atoms with Gasteiger partial charge in [0.2, 0.25) is 0 Å². The predicted octanol–water partition coefficient (Wildman–Crippen LogP) is 17.5. The van der Waals surface area contributed by atoms with E-state index in [1.807, 2.05) is 341 Å². The Hall–Kier alpha value is -9.30. The Morgan fingerprint density at radius 2 is 0.445 bits per heavy atom. The van der Waals surface area contributed by atoms with E-state index >= 15 is 0 Å². The molecule has 18 nitrogen and oxygen atoms in total. The van der Waals surface area contributed by atoms with E-state index in [0.717, 1.165) is 61.2 Å². The molecule has 0 saturated carbocycles. The summed E-state index contributed by atoms with van der Waals surface area (Å²) >= 11 is 0. The predicted molar refractivity (Wildman–Crippen MR) is 449 cm³/mol. The van der Waals surface area contributed by atoms with Gasteiger partial charge in [0.1, 0.15) is 79.4 Å². The summed E-state index contributed by atoms with van der Waals surface area (Å²) in [6.07, 6.45) is -16.6. The van der Waals surface area contributed by atoms with Crippen LogP contribution in [0.25, 0.3) is 0 Å². The monoisotopic (exact) mass is 1610 g/mol. The van der Waals surface area contributed by atoms with Crippen LogP contribution in [-0.2, 0) is 158 Å². The fraction of sp³-hybridized carbons (Fsp3) is 0.347. The zero-order valence-electron chi connectivity index (χ0n) is 67.3. The molecule has 0 N–H and O–H groups in total. The third-order valence-electron chi connectivity index (χ3n) is 21.7. The second-order valence-electron chi connectivity index (χ2n) is 30.5. The maximum atomic E-state index is 8.07.